The molecule has 20 heavy (non-hydrogen) atoms. The third-order valence-corrected chi connectivity index (χ3v) is 3.53. The molecular weight excluding hydrogens is 262 g/mol. The number of nitrogens with one attached hydrogen (secondary N) is 2. The zero-order valence-corrected chi connectivity index (χ0v) is 11.4. The summed E-state index contributed by atoms with van der Waals surface area (Å²) in [5.74, 6) is -1.04. The lowest BCUT2D eigenvalue weighted by Gasteiger charge is -2.23. The summed E-state index contributed by atoms with van der Waals surface area (Å²) in [4.78, 5) is 22.6. The van der Waals surface area contributed by atoms with Gasteiger partial charge in [-0.25, -0.2) is 9.48 Å². The average molecular weight is 281 g/mol. The van der Waals surface area contributed by atoms with E-state index in [9.17, 15) is 14.7 Å². The maximum absolute atomic E-state index is 11.3. The number of rotatable bonds is 5. The molecule has 0 atom stereocenters. The Bertz CT molecular complexity index is 493. The fourth-order valence-electron chi connectivity index (χ4n) is 2.47. The van der Waals surface area contributed by atoms with Crippen LogP contribution in [0.25, 0.3) is 0 Å². The van der Waals surface area contributed by atoms with Crippen LogP contribution < -0.4 is 10.6 Å². The number of aryl methyl sites for hydroxylation is 1. The minimum atomic E-state index is -1.07. The van der Waals surface area contributed by atoms with Crippen LogP contribution in [0.5, 0.6) is 0 Å². The van der Waals surface area contributed by atoms with E-state index < -0.39 is 5.97 Å². The molecule has 1 aliphatic heterocycles. The smallest absolute Gasteiger partial charge is 0.358 e. The predicted octanol–water partition coefficient (Wildman–Crippen LogP) is -0.421. The van der Waals surface area contributed by atoms with Crippen molar-refractivity contribution in [2.45, 2.75) is 31.7 Å². The van der Waals surface area contributed by atoms with Crippen LogP contribution in [0.4, 0.5) is 0 Å². The van der Waals surface area contributed by atoms with E-state index in [1.165, 1.54) is 0 Å². The molecule has 8 heteroatoms. The van der Waals surface area contributed by atoms with Crippen LogP contribution in [0.2, 0.25) is 0 Å². The van der Waals surface area contributed by atoms with Crippen LogP contribution in [0.1, 0.15) is 41.4 Å². The van der Waals surface area contributed by atoms with Crippen LogP contribution in [0.15, 0.2) is 0 Å². The van der Waals surface area contributed by atoms with Gasteiger partial charge >= 0.3 is 5.97 Å². The summed E-state index contributed by atoms with van der Waals surface area (Å²) in [5.41, 5.74) is 0.650. The van der Waals surface area contributed by atoms with E-state index in [2.05, 4.69) is 20.9 Å². The van der Waals surface area contributed by atoms with E-state index in [4.69, 9.17) is 0 Å². The maximum atomic E-state index is 11.3. The van der Waals surface area contributed by atoms with E-state index in [0.29, 0.717) is 12.2 Å². The van der Waals surface area contributed by atoms with Crippen LogP contribution in [0, 0.1) is 0 Å². The first-order valence-corrected chi connectivity index (χ1v) is 6.71. The second-order valence-corrected chi connectivity index (χ2v) is 4.80. The fraction of sp³-hybridized carbons (Fsp3) is 0.667. The summed E-state index contributed by atoms with van der Waals surface area (Å²) in [6.45, 7) is 2.05. The van der Waals surface area contributed by atoms with Crippen molar-refractivity contribution < 1.29 is 14.7 Å². The average Bonchev–Trinajstić information content (AvgIpc) is 2.89. The van der Waals surface area contributed by atoms with Gasteiger partial charge in [0.2, 0.25) is 5.91 Å². The van der Waals surface area contributed by atoms with Crippen molar-refractivity contribution in [3.63, 3.8) is 0 Å². The van der Waals surface area contributed by atoms with Crippen molar-refractivity contribution in [2.24, 2.45) is 0 Å². The van der Waals surface area contributed by atoms with Crippen molar-refractivity contribution in [3.05, 3.63) is 11.4 Å². The molecule has 2 heterocycles. The van der Waals surface area contributed by atoms with Crippen molar-refractivity contribution in [2.75, 3.05) is 20.1 Å². The molecule has 0 spiro atoms. The molecule has 0 bridgehead atoms. The second-order valence-electron chi connectivity index (χ2n) is 4.80. The highest BCUT2D eigenvalue weighted by molar-refractivity contribution is 5.86. The molecule has 0 unspecified atom stereocenters. The maximum Gasteiger partial charge on any atom is 0.358 e. The molecule has 1 aliphatic rings. The second kappa shape index (κ2) is 6.47. The van der Waals surface area contributed by atoms with E-state index in [0.717, 1.165) is 25.9 Å². The van der Waals surface area contributed by atoms with E-state index in [-0.39, 0.29) is 23.9 Å². The van der Waals surface area contributed by atoms with Gasteiger partial charge in [-0.15, -0.1) is 5.10 Å². The standard InChI is InChI=1S/C12H19N5O3/c1-13-9(18)4-7-17-11(8-2-5-14-6-3-8)10(12(19)20)15-16-17/h8,14H,2-7H2,1H3,(H,13,18)(H,19,20). The Morgan fingerprint density at radius 1 is 1.45 bits per heavy atom. The van der Waals surface area contributed by atoms with E-state index in [1.54, 1.807) is 11.7 Å². The van der Waals surface area contributed by atoms with Crippen molar-refractivity contribution >= 4 is 11.9 Å². The largest absolute Gasteiger partial charge is 0.476 e. The number of carboxylic acids is 1. The number of hydrogen-bond acceptors (Lipinski definition) is 5. The molecule has 3 N–H and O–H groups in total. The summed E-state index contributed by atoms with van der Waals surface area (Å²) >= 11 is 0. The van der Waals surface area contributed by atoms with Gasteiger partial charge < -0.3 is 15.7 Å². The third-order valence-electron chi connectivity index (χ3n) is 3.53. The first-order valence-electron chi connectivity index (χ1n) is 6.71. The molecular formula is C12H19N5O3. The van der Waals surface area contributed by atoms with Crippen molar-refractivity contribution in [1.29, 1.82) is 0 Å². The topological polar surface area (TPSA) is 109 Å². The number of hydrogen-bond donors (Lipinski definition) is 3. The van der Waals surface area contributed by atoms with Gasteiger partial charge in [-0.3, -0.25) is 4.79 Å². The van der Waals surface area contributed by atoms with E-state index in [1.807, 2.05) is 0 Å². The van der Waals surface area contributed by atoms with Gasteiger partial charge in [0.05, 0.1) is 12.2 Å². The molecule has 0 aliphatic carbocycles. The minimum absolute atomic E-state index is 0.00815. The van der Waals surface area contributed by atoms with Crippen LogP contribution >= 0.6 is 0 Å². The van der Waals surface area contributed by atoms with Gasteiger partial charge in [0, 0.05) is 19.4 Å². The normalized spacial score (nSPS) is 16.1. The number of amides is 1. The molecule has 1 aromatic rings. The third kappa shape index (κ3) is 3.13. The number of piperidine rings is 1. The monoisotopic (exact) mass is 281 g/mol. The van der Waals surface area contributed by atoms with E-state index >= 15 is 0 Å². The lowest BCUT2D eigenvalue weighted by Crippen LogP contribution is -2.29. The van der Waals surface area contributed by atoms with Crippen LogP contribution in [0.3, 0.4) is 0 Å². The predicted molar refractivity (Wildman–Crippen MR) is 70.5 cm³/mol. The molecule has 0 saturated carbocycles. The molecule has 8 nitrogen and oxygen atoms in total. The first kappa shape index (κ1) is 14.4. The first-order chi connectivity index (χ1) is 9.63. The van der Waals surface area contributed by atoms with Gasteiger partial charge in [0.25, 0.3) is 0 Å². The summed E-state index contributed by atoms with van der Waals surface area (Å²) in [6, 6.07) is 0. The Morgan fingerprint density at radius 3 is 2.75 bits per heavy atom. The lowest BCUT2D eigenvalue weighted by molar-refractivity contribution is -0.120. The number of carbonyl (C=O) groups is 2. The Kier molecular flexibility index (Phi) is 4.67. The SMILES string of the molecule is CNC(=O)CCn1nnc(C(=O)O)c1C1CCNCC1. The molecule has 1 fully saturated rings. The number of carbonyl (C=O) groups excluding carboxylic acids is 1. The van der Waals surface area contributed by atoms with Gasteiger partial charge in [-0.2, -0.15) is 0 Å². The summed E-state index contributed by atoms with van der Waals surface area (Å²) in [6.07, 6.45) is 1.97. The molecule has 1 saturated heterocycles. The highest BCUT2D eigenvalue weighted by Gasteiger charge is 2.27. The highest BCUT2D eigenvalue weighted by Crippen LogP contribution is 2.27. The zero-order chi connectivity index (χ0) is 14.5. The van der Waals surface area contributed by atoms with Crippen LogP contribution in [-0.2, 0) is 11.3 Å². The number of aromatic carboxylic acids is 1. The van der Waals surface area contributed by atoms with Gasteiger partial charge in [0.1, 0.15) is 0 Å². The molecule has 110 valence electrons. The molecule has 1 aromatic heterocycles. The summed E-state index contributed by atoms with van der Waals surface area (Å²) in [7, 11) is 1.57. The molecule has 0 aromatic carbocycles. The lowest BCUT2D eigenvalue weighted by atomic mass is 9.93. The Hall–Kier alpha value is -1.96. The number of carboxylic acid groups (broad SMARTS) is 1. The van der Waals surface area contributed by atoms with Gasteiger partial charge in [0.15, 0.2) is 5.69 Å². The Morgan fingerprint density at radius 2 is 2.15 bits per heavy atom. The van der Waals surface area contributed by atoms with Crippen molar-refractivity contribution in [1.82, 2.24) is 25.6 Å². The van der Waals surface area contributed by atoms with Crippen LogP contribution in [-0.4, -0.2) is 52.1 Å². The van der Waals surface area contributed by atoms with Crippen molar-refractivity contribution in [3.8, 4) is 0 Å². The summed E-state index contributed by atoms with van der Waals surface area (Å²) < 4.78 is 1.56. The van der Waals surface area contributed by atoms with Gasteiger partial charge in [-0.05, 0) is 25.9 Å². The highest BCUT2D eigenvalue weighted by atomic mass is 16.4. The quantitative estimate of drug-likeness (QED) is 0.676. The molecule has 2 rings (SSSR count). The Balaban J connectivity index is 2.22. The number of nitrogens with zero attached hydrogens (tertiary/aromatic N) is 3. The summed E-state index contributed by atoms with van der Waals surface area (Å²) in [5, 5.41) is 22.7. The van der Waals surface area contributed by atoms with Gasteiger partial charge in [-0.1, -0.05) is 5.21 Å². The minimum Gasteiger partial charge on any atom is -0.476 e. The zero-order valence-electron chi connectivity index (χ0n) is 11.4. The fourth-order valence-corrected chi connectivity index (χ4v) is 2.47. The molecule has 1 amide bonds. The molecule has 0 radical (unpaired) electrons. The Labute approximate surface area is 116 Å². The number of aromatic nitrogens is 3.